The minimum absolute atomic E-state index is 0.481. The van der Waals surface area contributed by atoms with Crippen LogP contribution in [0.15, 0.2) is 60.7 Å². The Morgan fingerprint density at radius 1 is 1.00 bits per heavy atom. The number of rotatable bonds is 7. The summed E-state index contributed by atoms with van der Waals surface area (Å²) in [5, 5.41) is 13.6. The van der Waals surface area contributed by atoms with Crippen LogP contribution in [0, 0.1) is 0 Å². The fourth-order valence-electron chi connectivity index (χ4n) is 2.06. The molecule has 0 aliphatic heterocycles. The molecule has 0 aliphatic carbocycles. The number of aliphatic hydroxyl groups excluding tert-OH is 1. The number of nitrogens with one attached hydrogen (secondary N) is 1. The number of aliphatic hydroxyl groups is 1. The molecule has 0 bridgehead atoms. The minimum atomic E-state index is -0.648. The minimum Gasteiger partial charge on any atom is -0.485 e. The number of benzene rings is 2. The molecule has 112 valence electrons. The van der Waals surface area contributed by atoms with Crippen molar-refractivity contribution < 1.29 is 9.84 Å². The normalized spacial score (nSPS) is 12.9. The smallest absolute Gasteiger partial charge is 0.130 e. The molecule has 0 heterocycles. The molecule has 0 radical (unpaired) electrons. The van der Waals surface area contributed by atoms with Gasteiger partial charge in [-0.2, -0.15) is 0 Å². The second-order valence-corrected chi connectivity index (χ2v) is 5.65. The van der Waals surface area contributed by atoms with Gasteiger partial charge in [-0.15, -0.1) is 0 Å². The monoisotopic (exact) mass is 285 g/mol. The summed E-state index contributed by atoms with van der Waals surface area (Å²) in [6.45, 7) is 5.01. The molecule has 2 aromatic rings. The van der Waals surface area contributed by atoms with Crippen LogP contribution < -0.4 is 10.1 Å². The Balaban J connectivity index is 1.82. The van der Waals surface area contributed by atoms with E-state index in [4.69, 9.17) is 4.74 Å². The Bertz CT molecular complexity index is 525. The van der Waals surface area contributed by atoms with E-state index in [1.165, 1.54) is 5.56 Å². The summed E-state index contributed by atoms with van der Waals surface area (Å²) >= 11 is 0. The van der Waals surface area contributed by atoms with Gasteiger partial charge in [0.1, 0.15) is 17.5 Å². The van der Waals surface area contributed by atoms with Crippen molar-refractivity contribution in [2.24, 2.45) is 0 Å². The summed E-state index contributed by atoms with van der Waals surface area (Å²) in [6, 6.07) is 19.7. The number of hydrogen-bond donors (Lipinski definition) is 2. The quantitative estimate of drug-likeness (QED) is 0.821. The van der Waals surface area contributed by atoms with E-state index in [1.807, 2.05) is 62.4 Å². The molecule has 3 heteroatoms. The Hall–Kier alpha value is -1.84. The van der Waals surface area contributed by atoms with Crippen LogP contribution in [-0.4, -0.2) is 23.4 Å². The van der Waals surface area contributed by atoms with Crippen LogP contribution in [-0.2, 0) is 6.54 Å². The predicted molar refractivity (Wildman–Crippen MR) is 85.3 cm³/mol. The third-order valence-electron chi connectivity index (χ3n) is 3.44. The van der Waals surface area contributed by atoms with Crippen molar-refractivity contribution in [3.63, 3.8) is 0 Å². The van der Waals surface area contributed by atoms with Crippen molar-refractivity contribution in [2.75, 3.05) is 6.54 Å². The van der Waals surface area contributed by atoms with E-state index >= 15 is 0 Å². The van der Waals surface area contributed by atoms with Crippen LogP contribution >= 0.6 is 0 Å². The molecule has 3 nitrogen and oxygen atoms in total. The summed E-state index contributed by atoms with van der Waals surface area (Å²) in [7, 11) is 0. The molecule has 1 atom stereocenters. The largest absolute Gasteiger partial charge is 0.485 e. The lowest BCUT2D eigenvalue weighted by Crippen LogP contribution is -2.47. The van der Waals surface area contributed by atoms with E-state index in [0.29, 0.717) is 6.54 Å². The summed E-state index contributed by atoms with van der Waals surface area (Å²) in [4.78, 5) is 0. The second kappa shape index (κ2) is 7.25. The van der Waals surface area contributed by atoms with Crippen LogP contribution in [0.4, 0.5) is 0 Å². The fourth-order valence-corrected chi connectivity index (χ4v) is 2.06. The first kappa shape index (κ1) is 15.5. The molecule has 2 N–H and O–H groups in total. The lowest BCUT2D eigenvalue weighted by molar-refractivity contribution is -0.0271. The molecule has 2 rings (SSSR count). The van der Waals surface area contributed by atoms with Gasteiger partial charge in [0, 0.05) is 13.1 Å². The Kier molecular flexibility index (Phi) is 5.37. The first-order valence-electron chi connectivity index (χ1n) is 7.25. The van der Waals surface area contributed by atoms with E-state index in [2.05, 4.69) is 17.4 Å². The highest BCUT2D eigenvalue weighted by molar-refractivity contribution is 5.22. The molecule has 0 saturated carbocycles. The SMILES string of the molecule is CC(C)(Oc1ccccc1)C(O)CNCc1ccccc1. The van der Waals surface area contributed by atoms with Crippen LogP contribution in [0.2, 0.25) is 0 Å². The maximum atomic E-state index is 10.3. The van der Waals surface area contributed by atoms with Gasteiger partial charge in [0.2, 0.25) is 0 Å². The van der Waals surface area contributed by atoms with Gasteiger partial charge in [0.25, 0.3) is 0 Å². The van der Waals surface area contributed by atoms with Crippen LogP contribution in [0.1, 0.15) is 19.4 Å². The molecule has 21 heavy (non-hydrogen) atoms. The second-order valence-electron chi connectivity index (χ2n) is 5.65. The van der Waals surface area contributed by atoms with Gasteiger partial charge in [-0.1, -0.05) is 48.5 Å². The van der Waals surface area contributed by atoms with Crippen molar-refractivity contribution in [1.82, 2.24) is 5.32 Å². The number of hydrogen-bond acceptors (Lipinski definition) is 3. The zero-order valence-electron chi connectivity index (χ0n) is 12.6. The first-order valence-corrected chi connectivity index (χ1v) is 7.25. The molecular formula is C18H23NO2. The van der Waals surface area contributed by atoms with Crippen molar-refractivity contribution in [2.45, 2.75) is 32.1 Å². The highest BCUT2D eigenvalue weighted by Gasteiger charge is 2.29. The van der Waals surface area contributed by atoms with E-state index in [1.54, 1.807) is 0 Å². The zero-order valence-corrected chi connectivity index (χ0v) is 12.6. The van der Waals surface area contributed by atoms with Gasteiger partial charge in [0.15, 0.2) is 0 Å². The summed E-state index contributed by atoms with van der Waals surface area (Å²) in [5.74, 6) is 0.768. The van der Waals surface area contributed by atoms with Gasteiger partial charge in [-0.05, 0) is 31.5 Å². The Labute approximate surface area is 126 Å². The van der Waals surface area contributed by atoms with Gasteiger partial charge < -0.3 is 15.2 Å². The van der Waals surface area contributed by atoms with Crippen molar-refractivity contribution in [1.29, 1.82) is 0 Å². The van der Waals surface area contributed by atoms with Gasteiger partial charge in [-0.3, -0.25) is 0 Å². The molecule has 0 saturated heterocycles. The maximum Gasteiger partial charge on any atom is 0.130 e. The molecule has 0 fully saturated rings. The zero-order chi connectivity index (χ0) is 15.1. The van der Waals surface area contributed by atoms with Crippen molar-refractivity contribution >= 4 is 0 Å². The van der Waals surface area contributed by atoms with Crippen LogP contribution in [0.5, 0.6) is 5.75 Å². The molecule has 0 spiro atoms. The van der Waals surface area contributed by atoms with Crippen LogP contribution in [0.3, 0.4) is 0 Å². The molecule has 0 aliphatic rings. The average Bonchev–Trinajstić information content (AvgIpc) is 2.49. The topological polar surface area (TPSA) is 41.5 Å². The fraction of sp³-hybridized carbons (Fsp3) is 0.333. The summed E-state index contributed by atoms with van der Waals surface area (Å²) in [6.07, 6.45) is -0.596. The predicted octanol–water partition coefficient (Wildman–Crippen LogP) is 2.99. The van der Waals surface area contributed by atoms with Crippen molar-refractivity contribution in [3.05, 3.63) is 66.2 Å². The molecule has 2 aromatic carbocycles. The lowest BCUT2D eigenvalue weighted by Gasteiger charge is -2.31. The molecule has 1 unspecified atom stereocenters. The van der Waals surface area contributed by atoms with Gasteiger partial charge in [0.05, 0.1) is 0 Å². The standard InChI is InChI=1S/C18H23NO2/c1-18(2,21-16-11-7-4-8-12-16)17(20)14-19-13-15-9-5-3-6-10-15/h3-12,17,19-20H,13-14H2,1-2H3. The first-order chi connectivity index (χ1) is 10.1. The Morgan fingerprint density at radius 2 is 1.57 bits per heavy atom. The molecule has 0 aromatic heterocycles. The highest BCUT2D eigenvalue weighted by atomic mass is 16.5. The van der Waals surface area contributed by atoms with E-state index in [0.717, 1.165) is 12.3 Å². The lowest BCUT2D eigenvalue weighted by atomic mass is 10.0. The Morgan fingerprint density at radius 3 is 2.19 bits per heavy atom. The van der Waals surface area contributed by atoms with Gasteiger partial charge >= 0.3 is 0 Å². The molecular weight excluding hydrogens is 262 g/mol. The third-order valence-corrected chi connectivity index (χ3v) is 3.44. The van der Waals surface area contributed by atoms with E-state index in [9.17, 15) is 5.11 Å². The summed E-state index contributed by atoms with van der Waals surface area (Å²) in [5.41, 5.74) is 0.553. The molecule has 0 amide bonds. The van der Waals surface area contributed by atoms with E-state index < -0.39 is 11.7 Å². The number of para-hydroxylation sites is 1. The van der Waals surface area contributed by atoms with E-state index in [-0.39, 0.29) is 0 Å². The maximum absolute atomic E-state index is 10.3. The average molecular weight is 285 g/mol. The number of ether oxygens (including phenoxy) is 1. The van der Waals surface area contributed by atoms with Crippen LogP contribution in [0.25, 0.3) is 0 Å². The highest BCUT2D eigenvalue weighted by Crippen LogP contribution is 2.20. The third kappa shape index (κ3) is 4.88. The summed E-state index contributed by atoms with van der Waals surface area (Å²) < 4.78 is 5.88. The van der Waals surface area contributed by atoms with Gasteiger partial charge in [-0.25, -0.2) is 0 Å². The van der Waals surface area contributed by atoms with Crippen molar-refractivity contribution in [3.8, 4) is 5.75 Å².